The number of sulfonamides is 1. The van der Waals surface area contributed by atoms with Crippen molar-refractivity contribution in [2.24, 2.45) is 11.7 Å². The van der Waals surface area contributed by atoms with Crippen LogP contribution in [-0.2, 0) is 30.5 Å². The molecule has 1 unspecified atom stereocenters. The maximum atomic E-state index is 13.7. The Morgan fingerprint density at radius 3 is 2.18 bits per heavy atom. The van der Waals surface area contributed by atoms with E-state index in [1.165, 1.54) is 0 Å². The summed E-state index contributed by atoms with van der Waals surface area (Å²) >= 11 is 0. The molecule has 14 heteroatoms. The van der Waals surface area contributed by atoms with E-state index in [9.17, 15) is 31.2 Å². The maximum Gasteiger partial charge on any atom is 0.416 e. The van der Waals surface area contributed by atoms with Gasteiger partial charge < -0.3 is 15.6 Å². The number of hydrazine groups is 1. The SMILES string of the molecule is Cl.NC(CO)C(=O)OC[C@H](c1ccccc1)N(NS(=O)(=O)c1ccc(C(F)(F)F)cc1)C(=O)C1CCCCC1. The van der Waals surface area contributed by atoms with Crippen LogP contribution in [0.25, 0.3) is 0 Å². The molecule has 1 fully saturated rings. The van der Waals surface area contributed by atoms with Crippen molar-refractivity contribution in [2.75, 3.05) is 13.2 Å². The van der Waals surface area contributed by atoms with E-state index in [0.717, 1.165) is 36.4 Å². The normalized spacial score (nSPS) is 16.0. The molecule has 2 aromatic rings. The molecule has 9 nitrogen and oxygen atoms in total. The third kappa shape index (κ3) is 8.64. The molecule has 2 atom stereocenters. The van der Waals surface area contributed by atoms with Crippen LogP contribution in [0, 0.1) is 5.92 Å². The molecule has 3 rings (SSSR count). The maximum absolute atomic E-state index is 13.7. The Morgan fingerprint density at radius 1 is 1.05 bits per heavy atom. The molecule has 1 aliphatic carbocycles. The lowest BCUT2D eigenvalue weighted by molar-refractivity contribution is -0.153. The summed E-state index contributed by atoms with van der Waals surface area (Å²) in [6.07, 6.45) is -1.14. The van der Waals surface area contributed by atoms with Crippen LogP contribution in [0.4, 0.5) is 13.2 Å². The van der Waals surface area contributed by atoms with Crippen molar-refractivity contribution < 1.29 is 41.0 Å². The Bertz CT molecular complexity index is 1190. The van der Waals surface area contributed by atoms with Crippen LogP contribution < -0.4 is 10.6 Å². The highest BCUT2D eigenvalue weighted by atomic mass is 35.5. The number of alkyl halides is 3. The molecule has 0 saturated heterocycles. The van der Waals surface area contributed by atoms with Crippen LogP contribution in [0.15, 0.2) is 59.5 Å². The fourth-order valence-corrected chi connectivity index (χ4v) is 5.23. The van der Waals surface area contributed by atoms with E-state index in [0.29, 0.717) is 30.5 Å². The number of ether oxygens (including phenoxy) is 1. The number of aliphatic hydroxyl groups is 1. The second-order valence-electron chi connectivity index (χ2n) is 9.01. The van der Waals surface area contributed by atoms with Crippen LogP contribution in [0.2, 0.25) is 0 Å². The van der Waals surface area contributed by atoms with Gasteiger partial charge in [0.15, 0.2) is 0 Å². The first kappa shape index (κ1) is 32.5. The highest BCUT2D eigenvalue weighted by molar-refractivity contribution is 7.89. The van der Waals surface area contributed by atoms with Crippen LogP contribution in [0.5, 0.6) is 0 Å². The number of amides is 1. The highest BCUT2D eigenvalue weighted by Gasteiger charge is 2.36. The minimum atomic E-state index is -4.66. The average molecular weight is 594 g/mol. The molecule has 1 saturated carbocycles. The number of benzene rings is 2. The molecule has 0 heterocycles. The van der Waals surface area contributed by atoms with Crippen molar-refractivity contribution in [3.05, 3.63) is 65.7 Å². The summed E-state index contributed by atoms with van der Waals surface area (Å²) in [7, 11) is -4.54. The fraction of sp³-hybridized carbons (Fsp3) is 0.440. The van der Waals surface area contributed by atoms with E-state index in [1.807, 2.05) is 0 Å². The van der Waals surface area contributed by atoms with Gasteiger partial charge in [0.25, 0.3) is 10.0 Å². The minimum Gasteiger partial charge on any atom is -0.462 e. The first-order valence-electron chi connectivity index (χ1n) is 12.0. The zero-order valence-corrected chi connectivity index (χ0v) is 22.5. The van der Waals surface area contributed by atoms with Crippen LogP contribution in [0.3, 0.4) is 0 Å². The van der Waals surface area contributed by atoms with Crippen LogP contribution in [0.1, 0.15) is 49.3 Å². The molecule has 0 spiro atoms. The number of nitrogens with one attached hydrogen (secondary N) is 1. The van der Waals surface area contributed by atoms with Gasteiger partial charge in [0.05, 0.1) is 17.1 Å². The van der Waals surface area contributed by atoms with Crippen molar-refractivity contribution in [2.45, 2.75) is 55.3 Å². The number of nitrogens with two attached hydrogens (primary N) is 1. The summed E-state index contributed by atoms with van der Waals surface area (Å²) in [6, 6.07) is 8.61. The van der Waals surface area contributed by atoms with Crippen molar-refractivity contribution in [1.29, 1.82) is 0 Å². The van der Waals surface area contributed by atoms with Crippen LogP contribution in [-0.4, -0.2) is 49.7 Å². The molecule has 216 valence electrons. The largest absolute Gasteiger partial charge is 0.462 e. The summed E-state index contributed by atoms with van der Waals surface area (Å²) < 4.78 is 70.7. The predicted molar refractivity (Wildman–Crippen MR) is 138 cm³/mol. The van der Waals surface area contributed by atoms with Gasteiger partial charge in [0.1, 0.15) is 18.7 Å². The van der Waals surface area contributed by atoms with Gasteiger partial charge >= 0.3 is 12.1 Å². The quantitative estimate of drug-likeness (QED) is 0.284. The van der Waals surface area contributed by atoms with E-state index in [1.54, 1.807) is 30.3 Å². The average Bonchev–Trinajstić information content (AvgIpc) is 2.92. The molecule has 1 aliphatic rings. The van der Waals surface area contributed by atoms with E-state index in [4.69, 9.17) is 15.6 Å². The van der Waals surface area contributed by atoms with Crippen molar-refractivity contribution in [1.82, 2.24) is 9.84 Å². The van der Waals surface area contributed by atoms with E-state index in [2.05, 4.69) is 4.83 Å². The molecular weight excluding hydrogens is 563 g/mol. The van der Waals surface area contributed by atoms with E-state index < -0.39 is 69.8 Å². The number of carbonyl (C=O) groups excluding carboxylic acids is 2. The van der Waals surface area contributed by atoms with Gasteiger partial charge in [0, 0.05) is 5.92 Å². The summed E-state index contributed by atoms with van der Waals surface area (Å²) in [5.41, 5.74) is 4.92. The summed E-state index contributed by atoms with van der Waals surface area (Å²) in [4.78, 5) is 27.6. The lowest BCUT2D eigenvalue weighted by Gasteiger charge is -2.35. The van der Waals surface area contributed by atoms with Gasteiger partial charge in [-0.1, -0.05) is 49.6 Å². The minimum absolute atomic E-state index is 0. The molecule has 0 aliphatic heterocycles. The monoisotopic (exact) mass is 593 g/mol. The number of halogens is 4. The number of hydrogen-bond acceptors (Lipinski definition) is 7. The Kier molecular flexibility index (Phi) is 11.7. The Balaban J connectivity index is 0.00000533. The Labute approximate surface area is 230 Å². The first-order valence-corrected chi connectivity index (χ1v) is 13.5. The van der Waals surface area contributed by atoms with Crippen molar-refractivity contribution in [3.63, 3.8) is 0 Å². The standard InChI is InChI=1S/C25H30F3N3O6S.ClH/c26-25(27,28)19-11-13-20(14-12-19)38(35,36)30-31(23(33)18-9-5-2-6-10-18)22(17-7-3-1-4-8-17)16-37-24(34)21(29)15-32;/h1,3-4,7-8,11-14,18,21-22,30,32H,2,5-6,9-10,15-16,29H2;1H/t21?,22-;/m1./s1. The number of nitrogens with zero attached hydrogens (tertiary/aromatic N) is 1. The number of rotatable bonds is 10. The molecule has 1 amide bonds. The van der Waals surface area contributed by atoms with Crippen molar-refractivity contribution >= 4 is 34.3 Å². The van der Waals surface area contributed by atoms with Gasteiger partial charge in [-0.05, 0) is 42.7 Å². The molecular formula is C25H31ClF3N3O6S. The number of aliphatic hydroxyl groups excluding tert-OH is 1. The number of esters is 1. The smallest absolute Gasteiger partial charge is 0.416 e. The summed E-state index contributed by atoms with van der Waals surface area (Å²) in [6.45, 7) is -1.18. The Hall–Kier alpha value is -2.71. The fourth-order valence-electron chi connectivity index (χ4n) is 4.15. The second kappa shape index (κ2) is 14.1. The predicted octanol–water partition coefficient (Wildman–Crippen LogP) is 3.33. The van der Waals surface area contributed by atoms with Gasteiger partial charge in [-0.2, -0.15) is 13.2 Å². The Morgan fingerprint density at radius 2 is 1.64 bits per heavy atom. The molecule has 4 N–H and O–H groups in total. The molecule has 0 bridgehead atoms. The first-order chi connectivity index (χ1) is 17.9. The summed E-state index contributed by atoms with van der Waals surface area (Å²) in [5.74, 6) is -2.03. The molecule has 0 radical (unpaired) electrons. The topological polar surface area (TPSA) is 139 Å². The van der Waals surface area contributed by atoms with Gasteiger partial charge in [-0.25, -0.2) is 8.42 Å². The zero-order valence-electron chi connectivity index (χ0n) is 20.8. The van der Waals surface area contributed by atoms with Gasteiger partial charge in [-0.15, -0.1) is 17.2 Å². The summed E-state index contributed by atoms with van der Waals surface area (Å²) in [5, 5.41) is 10.0. The molecule has 39 heavy (non-hydrogen) atoms. The lowest BCUT2D eigenvalue weighted by atomic mass is 9.88. The van der Waals surface area contributed by atoms with Gasteiger partial charge in [-0.3, -0.25) is 14.6 Å². The highest BCUT2D eigenvalue weighted by Crippen LogP contribution is 2.31. The van der Waals surface area contributed by atoms with Crippen LogP contribution >= 0.6 is 12.4 Å². The third-order valence-corrected chi connectivity index (χ3v) is 7.61. The van der Waals surface area contributed by atoms with Gasteiger partial charge in [0.2, 0.25) is 5.91 Å². The lowest BCUT2D eigenvalue weighted by Crippen LogP contribution is -2.52. The molecule has 0 aromatic heterocycles. The zero-order chi connectivity index (χ0) is 27.9. The van der Waals surface area contributed by atoms with E-state index in [-0.39, 0.29) is 12.4 Å². The van der Waals surface area contributed by atoms with E-state index >= 15 is 0 Å². The third-order valence-electron chi connectivity index (χ3n) is 6.28. The number of hydrogen-bond donors (Lipinski definition) is 3. The van der Waals surface area contributed by atoms with Crippen molar-refractivity contribution in [3.8, 4) is 0 Å². The second-order valence-corrected chi connectivity index (χ2v) is 10.7. The number of carbonyl (C=O) groups is 2. The molecule has 2 aromatic carbocycles.